The van der Waals surface area contributed by atoms with E-state index in [2.05, 4.69) is 20.0 Å². The van der Waals surface area contributed by atoms with Crippen LogP contribution in [0.25, 0.3) is 21.7 Å². The molecular formula is C23H27ClN4O3S. The maximum atomic E-state index is 12.8. The van der Waals surface area contributed by atoms with Crippen molar-refractivity contribution in [2.45, 2.75) is 30.4 Å². The molecule has 0 amide bonds. The van der Waals surface area contributed by atoms with Gasteiger partial charge < -0.3 is 15.4 Å². The molecule has 0 fully saturated rings. The fourth-order valence-electron chi connectivity index (χ4n) is 3.75. The number of sulfonamides is 1. The van der Waals surface area contributed by atoms with E-state index >= 15 is 0 Å². The van der Waals surface area contributed by atoms with Crippen molar-refractivity contribution in [3.63, 3.8) is 0 Å². The van der Waals surface area contributed by atoms with Gasteiger partial charge in [-0.15, -0.1) is 12.4 Å². The minimum Gasteiger partial charge on any atom is -0.384 e. The summed E-state index contributed by atoms with van der Waals surface area (Å²) in [6, 6.07) is 14.2. The number of rotatable bonds is 8. The Labute approximate surface area is 193 Å². The molecule has 0 saturated heterocycles. The second-order valence-corrected chi connectivity index (χ2v) is 9.77. The second-order valence-electron chi connectivity index (χ2n) is 8.06. The normalized spacial score (nSPS) is 14.7. The molecule has 0 aliphatic heterocycles. The fraction of sp³-hybridized carbons (Fsp3) is 0.261. The SMILES string of the molecule is C[C@H](CNCC(C)(O)c1c[nH]c2ccccc12)NS(=O)(=O)c1ccc2cnccc2c1.Cl. The zero-order chi connectivity index (χ0) is 22.1. The molecule has 0 aliphatic carbocycles. The van der Waals surface area contributed by atoms with E-state index in [1.807, 2.05) is 30.5 Å². The number of aromatic amines is 1. The number of benzene rings is 2. The second kappa shape index (κ2) is 9.56. The monoisotopic (exact) mass is 474 g/mol. The summed E-state index contributed by atoms with van der Waals surface area (Å²) < 4.78 is 28.2. The summed E-state index contributed by atoms with van der Waals surface area (Å²) >= 11 is 0. The average Bonchev–Trinajstić information content (AvgIpc) is 3.18. The van der Waals surface area contributed by atoms with Crippen LogP contribution < -0.4 is 10.0 Å². The number of para-hydroxylation sites is 1. The summed E-state index contributed by atoms with van der Waals surface area (Å²) in [5, 5.41) is 16.8. The molecule has 0 saturated carbocycles. The van der Waals surface area contributed by atoms with E-state index in [9.17, 15) is 13.5 Å². The van der Waals surface area contributed by atoms with Gasteiger partial charge in [0, 0.05) is 59.6 Å². The summed E-state index contributed by atoms with van der Waals surface area (Å²) in [5.74, 6) is 0. The maximum Gasteiger partial charge on any atom is 0.240 e. The van der Waals surface area contributed by atoms with Crippen molar-refractivity contribution >= 4 is 44.1 Å². The third kappa shape index (κ3) is 5.11. The first-order chi connectivity index (χ1) is 14.8. The highest BCUT2D eigenvalue weighted by Crippen LogP contribution is 2.28. The van der Waals surface area contributed by atoms with Gasteiger partial charge >= 0.3 is 0 Å². The van der Waals surface area contributed by atoms with E-state index in [1.54, 1.807) is 50.5 Å². The molecule has 1 unspecified atom stereocenters. The third-order valence-electron chi connectivity index (χ3n) is 5.37. The summed E-state index contributed by atoms with van der Waals surface area (Å²) in [5.41, 5.74) is 0.657. The van der Waals surface area contributed by atoms with Gasteiger partial charge in [-0.1, -0.05) is 24.3 Å². The lowest BCUT2D eigenvalue weighted by atomic mass is 9.95. The van der Waals surface area contributed by atoms with E-state index in [0.717, 1.165) is 27.2 Å². The molecule has 9 heteroatoms. The van der Waals surface area contributed by atoms with Crippen LogP contribution in [0, 0.1) is 0 Å². The molecule has 2 aromatic carbocycles. The molecule has 0 bridgehead atoms. The Hall–Kier alpha value is -2.49. The van der Waals surface area contributed by atoms with Crippen molar-refractivity contribution in [3.8, 4) is 0 Å². The van der Waals surface area contributed by atoms with Crippen molar-refractivity contribution in [1.29, 1.82) is 0 Å². The largest absolute Gasteiger partial charge is 0.384 e. The molecule has 32 heavy (non-hydrogen) atoms. The molecule has 2 atom stereocenters. The van der Waals surface area contributed by atoms with Gasteiger partial charge in [-0.05, 0) is 43.5 Å². The molecule has 0 aliphatic rings. The highest BCUT2D eigenvalue weighted by Gasteiger charge is 2.26. The number of aliphatic hydroxyl groups is 1. The number of halogens is 1. The summed E-state index contributed by atoms with van der Waals surface area (Å²) in [6.45, 7) is 4.18. The fourth-order valence-corrected chi connectivity index (χ4v) is 5.03. The molecule has 2 heterocycles. The van der Waals surface area contributed by atoms with Crippen molar-refractivity contribution in [2.75, 3.05) is 13.1 Å². The quantitative estimate of drug-likeness (QED) is 0.313. The summed E-state index contributed by atoms with van der Waals surface area (Å²) in [7, 11) is -3.67. The Morgan fingerprint density at radius 1 is 1.16 bits per heavy atom. The highest BCUT2D eigenvalue weighted by molar-refractivity contribution is 7.89. The molecule has 0 spiro atoms. The van der Waals surface area contributed by atoms with Gasteiger partial charge in [0.05, 0.1) is 4.90 Å². The zero-order valence-electron chi connectivity index (χ0n) is 17.9. The van der Waals surface area contributed by atoms with Gasteiger partial charge in [-0.3, -0.25) is 4.98 Å². The Balaban J connectivity index is 0.00000289. The number of aromatic nitrogens is 2. The minimum absolute atomic E-state index is 0. The molecule has 170 valence electrons. The smallest absolute Gasteiger partial charge is 0.240 e. The lowest BCUT2D eigenvalue weighted by molar-refractivity contribution is 0.0583. The number of pyridine rings is 1. The van der Waals surface area contributed by atoms with Crippen LogP contribution in [0.4, 0.5) is 0 Å². The van der Waals surface area contributed by atoms with Gasteiger partial charge in [-0.25, -0.2) is 13.1 Å². The van der Waals surface area contributed by atoms with Gasteiger partial charge in [-0.2, -0.15) is 0 Å². The third-order valence-corrected chi connectivity index (χ3v) is 6.96. The standard InChI is InChI=1S/C23H26N4O3S.ClH/c1-16(27-31(29,30)19-8-7-18-13-24-10-9-17(18)11-19)12-25-15-23(2,28)21-14-26-22-6-4-3-5-20(21)22;/h3-11,13-14,16,25-28H,12,15H2,1-2H3;1H/t16-,23?;/m1./s1. The van der Waals surface area contributed by atoms with Crippen LogP contribution in [0.3, 0.4) is 0 Å². The first kappa shape index (κ1) is 24.2. The van der Waals surface area contributed by atoms with Crippen LogP contribution in [0.1, 0.15) is 19.4 Å². The van der Waals surface area contributed by atoms with Crippen molar-refractivity contribution in [2.24, 2.45) is 0 Å². The van der Waals surface area contributed by atoms with E-state index in [0.29, 0.717) is 6.54 Å². The molecule has 4 aromatic rings. The number of nitrogens with one attached hydrogen (secondary N) is 3. The topological polar surface area (TPSA) is 107 Å². The van der Waals surface area contributed by atoms with Crippen LogP contribution in [-0.4, -0.2) is 42.6 Å². The summed E-state index contributed by atoms with van der Waals surface area (Å²) in [6.07, 6.45) is 5.15. The van der Waals surface area contributed by atoms with Crippen molar-refractivity contribution in [3.05, 3.63) is 72.7 Å². The van der Waals surface area contributed by atoms with E-state index in [-0.39, 0.29) is 29.9 Å². The number of hydrogen-bond acceptors (Lipinski definition) is 5. The van der Waals surface area contributed by atoms with E-state index in [1.165, 1.54) is 0 Å². The number of nitrogens with zero attached hydrogens (tertiary/aromatic N) is 1. The summed E-state index contributed by atoms with van der Waals surface area (Å²) in [4.78, 5) is 7.43. The number of fused-ring (bicyclic) bond motifs is 2. The molecule has 2 aromatic heterocycles. The van der Waals surface area contributed by atoms with E-state index < -0.39 is 15.6 Å². The van der Waals surface area contributed by atoms with Gasteiger partial charge in [0.2, 0.25) is 10.0 Å². The van der Waals surface area contributed by atoms with Crippen molar-refractivity contribution < 1.29 is 13.5 Å². The van der Waals surface area contributed by atoms with Crippen molar-refractivity contribution in [1.82, 2.24) is 20.0 Å². The van der Waals surface area contributed by atoms with Crippen LogP contribution in [0.2, 0.25) is 0 Å². The Morgan fingerprint density at radius 3 is 2.75 bits per heavy atom. The molecule has 4 N–H and O–H groups in total. The number of hydrogen-bond donors (Lipinski definition) is 4. The molecule has 7 nitrogen and oxygen atoms in total. The average molecular weight is 475 g/mol. The Kier molecular flexibility index (Phi) is 7.22. The highest BCUT2D eigenvalue weighted by atomic mass is 35.5. The zero-order valence-corrected chi connectivity index (χ0v) is 19.5. The minimum atomic E-state index is -3.67. The van der Waals surface area contributed by atoms with Crippen LogP contribution in [0.15, 0.2) is 72.0 Å². The van der Waals surface area contributed by atoms with Gasteiger partial charge in [0.25, 0.3) is 0 Å². The lowest BCUT2D eigenvalue weighted by Gasteiger charge is -2.25. The van der Waals surface area contributed by atoms with Gasteiger partial charge in [0.1, 0.15) is 5.60 Å². The van der Waals surface area contributed by atoms with Crippen LogP contribution in [0.5, 0.6) is 0 Å². The predicted molar refractivity (Wildman–Crippen MR) is 130 cm³/mol. The molecule has 0 radical (unpaired) electrons. The first-order valence-corrected chi connectivity index (χ1v) is 11.6. The molecule has 4 rings (SSSR count). The predicted octanol–water partition coefficient (Wildman–Crippen LogP) is 3.30. The Morgan fingerprint density at radius 2 is 1.94 bits per heavy atom. The van der Waals surface area contributed by atoms with E-state index in [4.69, 9.17) is 0 Å². The lowest BCUT2D eigenvalue weighted by Crippen LogP contribution is -2.43. The Bertz CT molecular complexity index is 1320. The van der Waals surface area contributed by atoms with Gasteiger partial charge in [0.15, 0.2) is 0 Å². The maximum absolute atomic E-state index is 12.8. The first-order valence-electron chi connectivity index (χ1n) is 10.1. The van der Waals surface area contributed by atoms with Crippen LogP contribution >= 0.6 is 12.4 Å². The molecular weight excluding hydrogens is 448 g/mol. The van der Waals surface area contributed by atoms with Crippen LogP contribution in [-0.2, 0) is 15.6 Å². The number of H-pyrrole nitrogens is 1.